The molecule has 3 aromatic rings. The number of benzene rings is 1. The van der Waals surface area contributed by atoms with Crippen molar-refractivity contribution in [1.82, 2.24) is 9.97 Å². The largest absolute Gasteiger partial charge is 0.488 e. The molecule has 0 radical (unpaired) electrons. The summed E-state index contributed by atoms with van der Waals surface area (Å²) >= 11 is 0. The summed E-state index contributed by atoms with van der Waals surface area (Å²) in [7, 11) is 0. The number of rotatable bonds is 5. The van der Waals surface area contributed by atoms with Gasteiger partial charge in [0.15, 0.2) is 5.69 Å². The van der Waals surface area contributed by atoms with Crippen molar-refractivity contribution in [3.63, 3.8) is 0 Å². The second kappa shape index (κ2) is 10.1. The average Bonchev–Trinajstić information content (AvgIpc) is 2.81. The number of hydrogen-bond acceptors (Lipinski definition) is 6. The number of aromatic nitrogens is 2. The molecule has 0 aliphatic heterocycles. The molecule has 1 aromatic carbocycles. The van der Waals surface area contributed by atoms with E-state index in [1.165, 1.54) is 18.5 Å². The van der Waals surface area contributed by atoms with E-state index in [0.717, 1.165) is 31.0 Å². The molecule has 5 N–H and O–H groups in total. The van der Waals surface area contributed by atoms with Crippen molar-refractivity contribution in [2.24, 2.45) is 5.73 Å². The van der Waals surface area contributed by atoms with Gasteiger partial charge in [-0.1, -0.05) is 6.07 Å². The van der Waals surface area contributed by atoms with Crippen LogP contribution in [0.4, 0.5) is 33.3 Å². The number of nitrogens with one attached hydrogen (secondary N) is 1. The molecule has 1 aliphatic carbocycles. The van der Waals surface area contributed by atoms with Crippen molar-refractivity contribution in [2.75, 3.05) is 11.1 Å². The van der Waals surface area contributed by atoms with E-state index in [2.05, 4.69) is 15.3 Å². The number of ether oxygens (including phenoxy) is 1. The number of nitrogens with two attached hydrogens (primary N) is 2. The molecular formula is C24H22F5N5O2. The van der Waals surface area contributed by atoms with Gasteiger partial charge in [-0.05, 0) is 43.9 Å². The third kappa shape index (κ3) is 5.38. The fraction of sp³-hybridized carbons (Fsp3) is 0.292. The minimum atomic E-state index is -5.05. The number of amides is 1. The Morgan fingerprint density at radius 1 is 1.08 bits per heavy atom. The molecule has 0 saturated heterocycles. The van der Waals surface area contributed by atoms with Crippen LogP contribution in [0.15, 0.2) is 42.7 Å². The number of halogens is 5. The standard InChI is InChI=1S/C24H22F5N5O2/c25-15-2-1-3-16(26)20(15)21-14(24(27,28)29)10-17(31)22(34-21)23(35)33-18-11-32-9-8-19(18)36-13-6-4-12(30)5-7-13/h1-3,8-13H,4-7,30-31H2,(H,33,35). The van der Waals surface area contributed by atoms with Gasteiger partial charge in [0.25, 0.3) is 5.91 Å². The Labute approximate surface area is 202 Å². The summed E-state index contributed by atoms with van der Waals surface area (Å²) in [6.07, 6.45) is 0.518. The van der Waals surface area contributed by atoms with Gasteiger partial charge in [0.1, 0.15) is 23.1 Å². The van der Waals surface area contributed by atoms with Crippen LogP contribution < -0.4 is 21.5 Å². The van der Waals surface area contributed by atoms with Gasteiger partial charge in [-0.25, -0.2) is 13.8 Å². The van der Waals surface area contributed by atoms with Gasteiger partial charge in [0, 0.05) is 18.3 Å². The van der Waals surface area contributed by atoms with Gasteiger partial charge in [0.2, 0.25) is 0 Å². The second-order valence-corrected chi connectivity index (χ2v) is 8.40. The summed E-state index contributed by atoms with van der Waals surface area (Å²) in [4.78, 5) is 20.6. The van der Waals surface area contributed by atoms with Crippen LogP contribution in [0.2, 0.25) is 0 Å². The lowest BCUT2D eigenvalue weighted by Crippen LogP contribution is -2.31. The molecule has 1 aliphatic rings. The average molecular weight is 507 g/mol. The highest BCUT2D eigenvalue weighted by Gasteiger charge is 2.37. The molecule has 36 heavy (non-hydrogen) atoms. The monoisotopic (exact) mass is 507 g/mol. The molecule has 12 heteroatoms. The predicted molar refractivity (Wildman–Crippen MR) is 122 cm³/mol. The first-order valence-electron chi connectivity index (χ1n) is 11.0. The first-order chi connectivity index (χ1) is 17.0. The molecule has 0 atom stereocenters. The number of carbonyl (C=O) groups is 1. The number of carbonyl (C=O) groups excluding carboxylic acids is 1. The Hall–Kier alpha value is -3.80. The maximum absolute atomic E-state index is 14.4. The van der Waals surface area contributed by atoms with Crippen LogP contribution in [-0.4, -0.2) is 28.0 Å². The molecule has 2 heterocycles. The van der Waals surface area contributed by atoms with Crippen LogP contribution in [-0.2, 0) is 6.18 Å². The predicted octanol–water partition coefficient (Wildman–Crippen LogP) is 4.92. The second-order valence-electron chi connectivity index (χ2n) is 8.40. The molecule has 4 rings (SSSR count). The minimum Gasteiger partial charge on any atom is -0.488 e. The van der Waals surface area contributed by atoms with E-state index in [-0.39, 0.29) is 23.6 Å². The van der Waals surface area contributed by atoms with E-state index in [1.807, 2.05) is 0 Å². The van der Waals surface area contributed by atoms with Gasteiger partial charge < -0.3 is 21.5 Å². The number of anilines is 2. The van der Waals surface area contributed by atoms with E-state index in [9.17, 15) is 26.7 Å². The van der Waals surface area contributed by atoms with Crippen LogP contribution in [0.3, 0.4) is 0 Å². The van der Waals surface area contributed by atoms with Crippen LogP contribution in [0.25, 0.3) is 11.3 Å². The van der Waals surface area contributed by atoms with Gasteiger partial charge >= 0.3 is 6.18 Å². The normalized spacial score (nSPS) is 18.1. The number of nitrogens with zero attached hydrogens (tertiary/aromatic N) is 2. The molecule has 0 unspecified atom stereocenters. The van der Waals surface area contributed by atoms with Crippen molar-refractivity contribution in [3.8, 4) is 17.0 Å². The summed E-state index contributed by atoms with van der Waals surface area (Å²) in [5.41, 5.74) is 6.87. The Morgan fingerprint density at radius 3 is 2.39 bits per heavy atom. The molecule has 0 bridgehead atoms. The Kier molecular flexibility index (Phi) is 7.07. The lowest BCUT2D eigenvalue weighted by molar-refractivity contribution is -0.137. The maximum Gasteiger partial charge on any atom is 0.418 e. The Morgan fingerprint density at radius 2 is 1.75 bits per heavy atom. The van der Waals surface area contributed by atoms with Crippen LogP contribution in [0, 0.1) is 11.6 Å². The van der Waals surface area contributed by atoms with Gasteiger partial charge in [-0.2, -0.15) is 13.2 Å². The SMILES string of the molecule is Nc1cc(C(F)(F)F)c(-c2c(F)cccc2F)nc1C(=O)Nc1cnccc1OC1CCC(N)CC1. The van der Waals surface area contributed by atoms with Crippen molar-refractivity contribution in [1.29, 1.82) is 0 Å². The molecule has 0 spiro atoms. The minimum absolute atomic E-state index is 0.101. The van der Waals surface area contributed by atoms with Gasteiger partial charge in [0.05, 0.1) is 34.8 Å². The fourth-order valence-electron chi connectivity index (χ4n) is 3.99. The number of alkyl halides is 3. The Balaban J connectivity index is 1.69. The highest BCUT2D eigenvalue weighted by atomic mass is 19.4. The van der Waals surface area contributed by atoms with E-state index < -0.39 is 51.9 Å². The van der Waals surface area contributed by atoms with E-state index >= 15 is 0 Å². The lowest BCUT2D eigenvalue weighted by Gasteiger charge is -2.27. The summed E-state index contributed by atoms with van der Waals surface area (Å²) in [6.45, 7) is 0. The zero-order valence-corrected chi connectivity index (χ0v) is 18.8. The highest BCUT2D eigenvalue weighted by Crippen LogP contribution is 2.40. The van der Waals surface area contributed by atoms with Crippen LogP contribution >= 0.6 is 0 Å². The quantitative estimate of drug-likeness (QED) is 0.422. The Bertz CT molecular complexity index is 1260. The highest BCUT2D eigenvalue weighted by molar-refractivity contribution is 6.07. The van der Waals surface area contributed by atoms with E-state index in [4.69, 9.17) is 16.2 Å². The van der Waals surface area contributed by atoms with Crippen molar-refractivity contribution >= 4 is 17.3 Å². The molecular weight excluding hydrogens is 485 g/mol. The fourth-order valence-corrected chi connectivity index (χ4v) is 3.99. The van der Waals surface area contributed by atoms with Gasteiger partial charge in [-0.15, -0.1) is 0 Å². The van der Waals surface area contributed by atoms with Gasteiger partial charge in [-0.3, -0.25) is 9.78 Å². The molecule has 7 nitrogen and oxygen atoms in total. The lowest BCUT2D eigenvalue weighted by atomic mass is 9.94. The van der Waals surface area contributed by atoms with Crippen molar-refractivity contribution in [2.45, 2.75) is 44.0 Å². The number of pyridine rings is 2. The van der Waals surface area contributed by atoms with Crippen LogP contribution in [0.5, 0.6) is 5.75 Å². The third-order valence-electron chi connectivity index (χ3n) is 5.81. The number of hydrogen-bond donors (Lipinski definition) is 3. The summed E-state index contributed by atoms with van der Waals surface area (Å²) in [5, 5.41) is 2.47. The zero-order chi connectivity index (χ0) is 26.0. The van der Waals surface area contributed by atoms with E-state index in [1.54, 1.807) is 0 Å². The van der Waals surface area contributed by atoms with E-state index in [0.29, 0.717) is 18.9 Å². The maximum atomic E-state index is 14.4. The molecule has 2 aromatic heterocycles. The number of nitrogen functional groups attached to an aromatic ring is 1. The smallest absolute Gasteiger partial charge is 0.418 e. The summed E-state index contributed by atoms with van der Waals surface area (Å²) in [5.74, 6) is -3.29. The summed E-state index contributed by atoms with van der Waals surface area (Å²) in [6, 6.07) is 4.62. The van der Waals surface area contributed by atoms with Crippen molar-refractivity contribution < 1.29 is 31.5 Å². The third-order valence-corrected chi connectivity index (χ3v) is 5.81. The first kappa shape index (κ1) is 25.3. The van der Waals surface area contributed by atoms with Crippen molar-refractivity contribution in [3.05, 3.63) is 65.6 Å². The zero-order valence-electron chi connectivity index (χ0n) is 18.8. The van der Waals surface area contributed by atoms with Crippen LogP contribution in [0.1, 0.15) is 41.7 Å². The molecule has 190 valence electrons. The molecule has 1 amide bonds. The first-order valence-corrected chi connectivity index (χ1v) is 11.0. The molecule has 1 fully saturated rings. The molecule has 1 saturated carbocycles. The summed E-state index contributed by atoms with van der Waals surface area (Å²) < 4.78 is 75.8. The topological polar surface area (TPSA) is 116 Å².